The van der Waals surface area contributed by atoms with Crippen molar-refractivity contribution in [3.8, 4) is 0 Å². The average molecular weight is 330 g/mol. The van der Waals surface area contributed by atoms with Crippen molar-refractivity contribution in [3.63, 3.8) is 0 Å². The van der Waals surface area contributed by atoms with Gasteiger partial charge in [-0.1, -0.05) is 40.2 Å². The highest BCUT2D eigenvalue weighted by Gasteiger charge is 2.04. The van der Waals surface area contributed by atoms with Crippen LogP contribution < -0.4 is 5.32 Å². The molecule has 0 amide bonds. The molecule has 102 valence electrons. The number of halogens is 1. The van der Waals surface area contributed by atoms with Gasteiger partial charge in [-0.15, -0.1) is 0 Å². The number of aryl methyl sites for hydroxylation is 1. The predicted molar refractivity (Wildman–Crippen MR) is 86.9 cm³/mol. The lowest BCUT2D eigenvalue weighted by Gasteiger charge is -2.10. The van der Waals surface area contributed by atoms with Crippen molar-refractivity contribution < 1.29 is 0 Å². The summed E-state index contributed by atoms with van der Waals surface area (Å²) in [5.74, 6) is 0. The minimum atomic E-state index is 0.783. The van der Waals surface area contributed by atoms with Gasteiger partial charge >= 0.3 is 0 Å². The standard InChI is InChI=1S/C16H16BrN3/c1-2-20-11-12(10-19-20)9-18-16-8-7-15(17)13-5-3-4-6-14(13)16/h3-8,10-11,18H,2,9H2,1H3. The van der Waals surface area contributed by atoms with Gasteiger partial charge in [-0.3, -0.25) is 4.68 Å². The zero-order valence-electron chi connectivity index (χ0n) is 11.3. The Kier molecular flexibility index (Phi) is 3.74. The summed E-state index contributed by atoms with van der Waals surface area (Å²) in [7, 11) is 0. The first kappa shape index (κ1) is 13.2. The van der Waals surface area contributed by atoms with Crippen LogP contribution in [-0.2, 0) is 13.1 Å². The summed E-state index contributed by atoms with van der Waals surface area (Å²) >= 11 is 3.60. The van der Waals surface area contributed by atoms with Gasteiger partial charge in [0.25, 0.3) is 0 Å². The number of nitrogens with zero attached hydrogens (tertiary/aromatic N) is 2. The van der Waals surface area contributed by atoms with E-state index < -0.39 is 0 Å². The molecular formula is C16H16BrN3. The summed E-state index contributed by atoms with van der Waals surface area (Å²) < 4.78 is 3.06. The molecule has 3 aromatic rings. The topological polar surface area (TPSA) is 29.9 Å². The summed E-state index contributed by atoms with van der Waals surface area (Å²) in [4.78, 5) is 0. The minimum absolute atomic E-state index is 0.783. The molecule has 4 heteroatoms. The third-order valence-electron chi connectivity index (χ3n) is 3.36. The van der Waals surface area contributed by atoms with Gasteiger partial charge < -0.3 is 5.32 Å². The van der Waals surface area contributed by atoms with Crippen LogP contribution in [0.1, 0.15) is 12.5 Å². The lowest BCUT2D eigenvalue weighted by atomic mass is 10.1. The monoisotopic (exact) mass is 329 g/mol. The zero-order valence-corrected chi connectivity index (χ0v) is 12.9. The molecule has 0 bridgehead atoms. The molecule has 3 nitrogen and oxygen atoms in total. The van der Waals surface area contributed by atoms with Gasteiger partial charge in [0.15, 0.2) is 0 Å². The van der Waals surface area contributed by atoms with E-state index in [9.17, 15) is 0 Å². The summed E-state index contributed by atoms with van der Waals surface area (Å²) in [6.07, 6.45) is 3.99. The third kappa shape index (κ3) is 2.56. The lowest BCUT2D eigenvalue weighted by Crippen LogP contribution is -1.99. The molecular weight excluding hydrogens is 314 g/mol. The Morgan fingerprint density at radius 2 is 1.95 bits per heavy atom. The fourth-order valence-electron chi connectivity index (χ4n) is 2.28. The quantitative estimate of drug-likeness (QED) is 0.767. The van der Waals surface area contributed by atoms with Crippen molar-refractivity contribution in [2.75, 3.05) is 5.32 Å². The minimum Gasteiger partial charge on any atom is -0.380 e. The highest BCUT2D eigenvalue weighted by Crippen LogP contribution is 2.30. The first-order valence-corrected chi connectivity index (χ1v) is 7.49. The van der Waals surface area contributed by atoms with Crippen LogP contribution in [0.2, 0.25) is 0 Å². The molecule has 20 heavy (non-hydrogen) atoms. The molecule has 3 rings (SSSR count). The Morgan fingerprint density at radius 1 is 1.15 bits per heavy atom. The Hall–Kier alpha value is -1.81. The maximum atomic E-state index is 4.29. The van der Waals surface area contributed by atoms with Crippen molar-refractivity contribution in [3.05, 3.63) is 58.8 Å². The van der Waals surface area contributed by atoms with Gasteiger partial charge in [-0.25, -0.2) is 0 Å². The lowest BCUT2D eigenvalue weighted by molar-refractivity contribution is 0.659. The molecule has 0 atom stereocenters. The molecule has 0 saturated carbocycles. The van der Waals surface area contributed by atoms with E-state index in [1.165, 1.54) is 16.3 Å². The van der Waals surface area contributed by atoms with Crippen molar-refractivity contribution in [1.29, 1.82) is 0 Å². The van der Waals surface area contributed by atoms with E-state index in [1.54, 1.807) is 0 Å². The maximum absolute atomic E-state index is 4.29. The van der Waals surface area contributed by atoms with Crippen LogP contribution in [0.15, 0.2) is 53.3 Å². The van der Waals surface area contributed by atoms with E-state index in [0.717, 1.165) is 23.2 Å². The SMILES string of the molecule is CCn1cc(CNc2ccc(Br)c3ccccc23)cn1. The van der Waals surface area contributed by atoms with Crippen molar-refractivity contribution in [2.24, 2.45) is 0 Å². The van der Waals surface area contributed by atoms with E-state index in [4.69, 9.17) is 0 Å². The second kappa shape index (κ2) is 5.67. The van der Waals surface area contributed by atoms with E-state index >= 15 is 0 Å². The second-order valence-corrected chi connectivity index (χ2v) is 5.55. The molecule has 0 aliphatic carbocycles. The Balaban J connectivity index is 1.86. The second-order valence-electron chi connectivity index (χ2n) is 4.70. The van der Waals surface area contributed by atoms with Crippen molar-refractivity contribution in [1.82, 2.24) is 9.78 Å². The summed E-state index contributed by atoms with van der Waals surface area (Å²) in [5, 5.41) is 10.2. The molecule has 0 aliphatic heterocycles. The number of hydrogen-bond acceptors (Lipinski definition) is 2. The third-order valence-corrected chi connectivity index (χ3v) is 4.06. The van der Waals surface area contributed by atoms with Crippen LogP contribution in [0.4, 0.5) is 5.69 Å². The molecule has 0 radical (unpaired) electrons. The van der Waals surface area contributed by atoms with Gasteiger partial charge in [0.05, 0.1) is 6.20 Å². The molecule has 1 N–H and O–H groups in total. The molecule has 0 unspecified atom stereocenters. The number of benzene rings is 2. The predicted octanol–water partition coefficient (Wildman–Crippen LogP) is 4.43. The Labute approximate surface area is 126 Å². The van der Waals surface area contributed by atoms with E-state index in [-0.39, 0.29) is 0 Å². The van der Waals surface area contributed by atoms with Crippen LogP contribution in [0.3, 0.4) is 0 Å². The van der Waals surface area contributed by atoms with E-state index in [1.807, 2.05) is 10.9 Å². The molecule has 0 fully saturated rings. The first-order chi connectivity index (χ1) is 9.78. The van der Waals surface area contributed by atoms with Gasteiger partial charge in [0.1, 0.15) is 0 Å². The Morgan fingerprint density at radius 3 is 2.70 bits per heavy atom. The molecule has 1 heterocycles. The van der Waals surface area contributed by atoms with E-state index in [2.05, 4.69) is 75.9 Å². The molecule has 1 aromatic heterocycles. The van der Waals surface area contributed by atoms with Crippen LogP contribution in [0.25, 0.3) is 10.8 Å². The first-order valence-electron chi connectivity index (χ1n) is 6.70. The van der Waals surface area contributed by atoms with Crippen LogP contribution in [-0.4, -0.2) is 9.78 Å². The fourth-order valence-corrected chi connectivity index (χ4v) is 2.76. The zero-order chi connectivity index (χ0) is 13.9. The molecule has 0 spiro atoms. The summed E-state index contributed by atoms with van der Waals surface area (Å²) in [5.41, 5.74) is 2.34. The van der Waals surface area contributed by atoms with E-state index in [0.29, 0.717) is 0 Å². The average Bonchev–Trinajstić information content (AvgIpc) is 2.95. The normalized spacial score (nSPS) is 10.9. The molecule has 0 saturated heterocycles. The smallest absolute Gasteiger partial charge is 0.0539 e. The van der Waals surface area contributed by atoms with Crippen LogP contribution in [0, 0.1) is 0 Å². The van der Waals surface area contributed by atoms with Gasteiger partial charge in [0, 0.05) is 40.4 Å². The highest BCUT2D eigenvalue weighted by molar-refractivity contribution is 9.10. The molecule has 0 aliphatic rings. The number of aromatic nitrogens is 2. The maximum Gasteiger partial charge on any atom is 0.0539 e. The number of nitrogens with one attached hydrogen (secondary N) is 1. The van der Waals surface area contributed by atoms with Gasteiger partial charge in [0.2, 0.25) is 0 Å². The molecule has 2 aromatic carbocycles. The summed E-state index contributed by atoms with van der Waals surface area (Å²) in [6, 6.07) is 12.6. The highest BCUT2D eigenvalue weighted by atomic mass is 79.9. The largest absolute Gasteiger partial charge is 0.380 e. The fraction of sp³-hybridized carbons (Fsp3) is 0.188. The Bertz CT molecular complexity index is 733. The number of fused-ring (bicyclic) bond motifs is 1. The van der Waals surface area contributed by atoms with Crippen LogP contribution in [0.5, 0.6) is 0 Å². The van der Waals surface area contributed by atoms with Crippen LogP contribution >= 0.6 is 15.9 Å². The summed E-state index contributed by atoms with van der Waals surface area (Å²) in [6.45, 7) is 3.78. The van der Waals surface area contributed by atoms with Crippen molar-refractivity contribution >= 4 is 32.4 Å². The van der Waals surface area contributed by atoms with Crippen molar-refractivity contribution in [2.45, 2.75) is 20.0 Å². The van der Waals surface area contributed by atoms with Gasteiger partial charge in [-0.05, 0) is 24.4 Å². The number of hydrogen-bond donors (Lipinski definition) is 1. The number of anilines is 1. The van der Waals surface area contributed by atoms with Gasteiger partial charge in [-0.2, -0.15) is 5.10 Å². The number of rotatable bonds is 4.